The van der Waals surface area contributed by atoms with E-state index in [4.69, 9.17) is 11.6 Å². The lowest BCUT2D eigenvalue weighted by Gasteiger charge is -2.32. The van der Waals surface area contributed by atoms with Gasteiger partial charge in [-0.25, -0.2) is 4.90 Å². The predicted molar refractivity (Wildman–Crippen MR) is 107 cm³/mol. The van der Waals surface area contributed by atoms with Gasteiger partial charge in [0.25, 0.3) is 5.91 Å². The molecule has 0 bridgehead atoms. The first-order valence-corrected chi connectivity index (χ1v) is 10.2. The van der Waals surface area contributed by atoms with Gasteiger partial charge in [-0.15, -0.1) is 0 Å². The van der Waals surface area contributed by atoms with Crippen molar-refractivity contribution in [3.63, 3.8) is 0 Å². The summed E-state index contributed by atoms with van der Waals surface area (Å²) in [7, 11) is 0. The SMILES string of the molecule is O=C1C[C@@H]([NH+]2CC[NH+](CCc3ccncc3)CC2)C(=O)N1c1ccc(Cl)cc1. The standard InChI is InChI=1S/C21H23ClN4O2/c22-17-1-3-18(4-2-17)26-20(27)15-19(21(26)28)25-13-11-24(12-14-25)10-7-16-5-8-23-9-6-16/h1-6,8-9,19H,7,10-15H2/p+2/t19-/m1/s1. The monoisotopic (exact) mass is 400 g/mol. The second kappa shape index (κ2) is 8.39. The molecule has 0 saturated carbocycles. The van der Waals surface area contributed by atoms with Crippen molar-refractivity contribution in [1.29, 1.82) is 0 Å². The summed E-state index contributed by atoms with van der Waals surface area (Å²) in [4.78, 5) is 33.6. The van der Waals surface area contributed by atoms with Crippen LogP contribution in [0.4, 0.5) is 5.69 Å². The van der Waals surface area contributed by atoms with Crippen molar-refractivity contribution in [2.45, 2.75) is 18.9 Å². The molecule has 0 unspecified atom stereocenters. The number of piperazine rings is 1. The maximum Gasteiger partial charge on any atom is 0.292 e. The fourth-order valence-corrected chi connectivity index (χ4v) is 4.33. The van der Waals surface area contributed by atoms with Crippen LogP contribution in [0.25, 0.3) is 0 Å². The lowest BCUT2D eigenvalue weighted by molar-refractivity contribution is -1.02. The first-order chi connectivity index (χ1) is 13.6. The molecule has 1 aromatic carbocycles. The van der Waals surface area contributed by atoms with Gasteiger partial charge in [-0.1, -0.05) is 11.6 Å². The smallest absolute Gasteiger partial charge is 0.292 e. The molecular formula is C21H25ClN4O2+2. The maximum atomic E-state index is 12.9. The Morgan fingerprint density at radius 3 is 2.36 bits per heavy atom. The molecular weight excluding hydrogens is 376 g/mol. The molecule has 2 aromatic rings. The number of nitrogens with one attached hydrogen (secondary N) is 2. The number of nitrogens with zero attached hydrogens (tertiary/aromatic N) is 2. The molecule has 2 fully saturated rings. The Morgan fingerprint density at radius 1 is 1.00 bits per heavy atom. The second-order valence-corrected chi connectivity index (χ2v) is 8.00. The Hall–Kier alpha value is -2.28. The maximum absolute atomic E-state index is 12.9. The number of amides is 2. The summed E-state index contributed by atoms with van der Waals surface area (Å²) in [5.74, 6) is -0.195. The molecule has 3 heterocycles. The number of hydrogen-bond acceptors (Lipinski definition) is 3. The average Bonchev–Trinajstić information content (AvgIpc) is 3.02. The summed E-state index contributed by atoms with van der Waals surface area (Å²) < 4.78 is 0. The van der Waals surface area contributed by atoms with Crippen LogP contribution >= 0.6 is 11.6 Å². The third-order valence-electron chi connectivity index (χ3n) is 5.84. The Bertz CT molecular complexity index is 835. The predicted octanol–water partition coefficient (Wildman–Crippen LogP) is -0.607. The number of carbonyl (C=O) groups excluding carboxylic acids is 2. The first kappa shape index (κ1) is 19.1. The number of aromatic nitrogens is 1. The van der Waals surface area contributed by atoms with Crippen LogP contribution in [0, 0.1) is 0 Å². The van der Waals surface area contributed by atoms with E-state index in [-0.39, 0.29) is 17.9 Å². The van der Waals surface area contributed by atoms with Crippen LogP contribution in [-0.4, -0.2) is 55.6 Å². The minimum atomic E-state index is -0.259. The normalized spacial score (nSPS) is 25.3. The summed E-state index contributed by atoms with van der Waals surface area (Å²) in [6.45, 7) is 4.98. The van der Waals surface area contributed by atoms with E-state index < -0.39 is 0 Å². The van der Waals surface area contributed by atoms with Crippen LogP contribution in [0.2, 0.25) is 5.02 Å². The van der Waals surface area contributed by atoms with E-state index in [1.54, 1.807) is 29.2 Å². The quantitative estimate of drug-likeness (QED) is 0.659. The van der Waals surface area contributed by atoms with E-state index in [9.17, 15) is 9.59 Å². The summed E-state index contributed by atoms with van der Waals surface area (Å²) in [5, 5.41) is 0.593. The highest BCUT2D eigenvalue weighted by Crippen LogP contribution is 2.23. The molecule has 2 aliphatic heterocycles. The number of rotatable bonds is 5. The van der Waals surface area contributed by atoms with E-state index in [1.807, 2.05) is 12.4 Å². The van der Waals surface area contributed by atoms with E-state index in [0.29, 0.717) is 17.1 Å². The van der Waals surface area contributed by atoms with Crippen LogP contribution in [0.5, 0.6) is 0 Å². The summed E-state index contributed by atoms with van der Waals surface area (Å²) in [6.07, 6.45) is 5.01. The van der Waals surface area contributed by atoms with Gasteiger partial charge in [0.1, 0.15) is 26.2 Å². The van der Waals surface area contributed by atoms with E-state index >= 15 is 0 Å². The zero-order valence-corrected chi connectivity index (χ0v) is 16.5. The lowest BCUT2D eigenvalue weighted by Crippen LogP contribution is -3.30. The number of benzene rings is 1. The molecule has 146 valence electrons. The molecule has 2 amide bonds. The molecule has 6 nitrogen and oxygen atoms in total. The summed E-state index contributed by atoms with van der Waals surface area (Å²) >= 11 is 5.92. The highest BCUT2D eigenvalue weighted by molar-refractivity contribution is 6.30. The second-order valence-electron chi connectivity index (χ2n) is 7.56. The lowest BCUT2D eigenvalue weighted by atomic mass is 10.1. The minimum Gasteiger partial charge on any atom is -0.325 e. The van der Waals surface area contributed by atoms with E-state index in [0.717, 1.165) is 39.1 Å². The zero-order valence-electron chi connectivity index (χ0n) is 15.7. The Kier molecular flexibility index (Phi) is 5.71. The van der Waals surface area contributed by atoms with Crippen molar-refractivity contribution in [3.8, 4) is 0 Å². The number of halogens is 1. The molecule has 0 radical (unpaired) electrons. The average molecular weight is 401 g/mol. The van der Waals surface area contributed by atoms with Gasteiger partial charge >= 0.3 is 0 Å². The van der Waals surface area contributed by atoms with Crippen LogP contribution in [0.3, 0.4) is 0 Å². The van der Waals surface area contributed by atoms with Gasteiger partial charge in [0, 0.05) is 23.8 Å². The van der Waals surface area contributed by atoms with Gasteiger partial charge in [-0.2, -0.15) is 0 Å². The summed E-state index contributed by atoms with van der Waals surface area (Å²) in [5.41, 5.74) is 1.93. The fraction of sp³-hybridized carbons (Fsp3) is 0.381. The van der Waals surface area contributed by atoms with Crippen LogP contribution < -0.4 is 14.7 Å². The van der Waals surface area contributed by atoms with Crippen molar-refractivity contribution in [1.82, 2.24) is 4.98 Å². The largest absolute Gasteiger partial charge is 0.325 e. The van der Waals surface area contributed by atoms with Crippen LogP contribution in [0.15, 0.2) is 48.8 Å². The van der Waals surface area contributed by atoms with Gasteiger partial charge < -0.3 is 9.80 Å². The van der Waals surface area contributed by atoms with E-state index in [1.165, 1.54) is 15.4 Å². The first-order valence-electron chi connectivity index (χ1n) is 9.81. The van der Waals surface area contributed by atoms with Crippen molar-refractivity contribution < 1.29 is 19.4 Å². The van der Waals surface area contributed by atoms with Crippen LogP contribution in [-0.2, 0) is 16.0 Å². The number of imide groups is 1. The Balaban J connectivity index is 1.32. The van der Waals surface area contributed by atoms with Gasteiger partial charge in [0.15, 0.2) is 6.04 Å². The molecule has 7 heteroatoms. The third-order valence-corrected chi connectivity index (χ3v) is 6.09. The Morgan fingerprint density at radius 2 is 1.68 bits per heavy atom. The third kappa shape index (κ3) is 4.09. The molecule has 0 aliphatic carbocycles. The topological polar surface area (TPSA) is 59.2 Å². The number of pyridine rings is 1. The molecule has 2 N–H and O–H groups in total. The molecule has 2 aliphatic rings. The van der Waals surface area contributed by atoms with Crippen molar-refractivity contribution in [2.75, 3.05) is 37.6 Å². The van der Waals surface area contributed by atoms with E-state index in [2.05, 4.69) is 17.1 Å². The number of quaternary nitrogens is 2. The molecule has 2 saturated heterocycles. The molecule has 1 atom stereocenters. The minimum absolute atomic E-state index is 0.0810. The summed E-state index contributed by atoms with van der Waals surface area (Å²) in [6, 6.07) is 10.8. The molecule has 4 rings (SSSR count). The zero-order chi connectivity index (χ0) is 19.5. The van der Waals surface area contributed by atoms with Gasteiger partial charge in [0.05, 0.1) is 18.7 Å². The number of carbonyl (C=O) groups is 2. The highest BCUT2D eigenvalue weighted by Gasteiger charge is 2.46. The number of hydrogen-bond donors (Lipinski definition) is 2. The fourth-order valence-electron chi connectivity index (χ4n) is 4.21. The molecule has 0 spiro atoms. The van der Waals surface area contributed by atoms with Crippen molar-refractivity contribution >= 4 is 29.1 Å². The van der Waals surface area contributed by atoms with Gasteiger partial charge in [-0.05, 0) is 42.0 Å². The highest BCUT2D eigenvalue weighted by atomic mass is 35.5. The van der Waals surface area contributed by atoms with Gasteiger partial charge in [-0.3, -0.25) is 14.6 Å². The molecule has 1 aromatic heterocycles. The van der Waals surface area contributed by atoms with Gasteiger partial charge in [0.2, 0.25) is 5.91 Å². The van der Waals surface area contributed by atoms with Crippen LogP contribution in [0.1, 0.15) is 12.0 Å². The number of anilines is 1. The van der Waals surface area contributed by atoms with Crippen molar-refractivity contribution in [3.05, 3.63) is 59.4 Å². The Labute approximate surface area is 169 Å². The molecule has 28 heavy (non-hydrogen) atoms. The van der Waals surface area contributed by atoms with Crippen molar-refractivity contribution in [2.24, 2.45) is 0 Å².